The van der Waals surface area contributed by atoms with E-state index in [1.165, 1.54) is 37.8 Å². The van der Waals surface area contributed by atoms with Crippen LogP contribution in [0.3, 0.4) is 0 Å². The number of nitrogens with zero attached hydrogens (tertiary/aromatic N) is 12. The van der Waals surface area contributed by atoms with Crippen LogP contribution in [0.5, 0.6) is 0 Å². The van der Waals surface area contributed by atoms with Crippen molar-refractivity contribution in [1.29, 1.82) is 0 Å². The standard InChI is InChI=1S/C32H21N5.C32H19N5.2H2N2.3Pd/c2*1-3-10-28-24(8-1)26-15-13-22(35-19-7-18-34-35)20-30(26)36(28)23-14-16-27-25-9-2-4-11-29(25)37(31(27)21-23)32-12-5-6-17-33-32;2*1-2;;;/h1-21H;1-19H;2*1H2;;;/q;-2;;;;;+2. The second kappa shape index (κ2) is 23.1. The molecule has 0 bridgehead atoms. The van der Waals surface area contributed by atoms with E-state index in [0.29, 0.717) is 0 Å². The topological polar surface area (TPSA) is 158 Å². The molecule has 0 saturated heterocycles. The molecule has 0 amide bonds. The maximum Gasteiger partial charge on any atom is 2.00 e. The Labute approximate surface area is 498 Å². The van der Waals surface area contributed by atoms with Crippen LogP contribution >= 0.6 is 0 Å². The third-order valence-electron chi connectivity index (χ3n) is 14.2. The summed E-state index contributed by atoms with van der Waals surface area (Å²) in [5, 5.41) is 18.4. The second-order valence-corrected chi connectivity index (χ2v) is 19.3. The van der Waals surface area contributed by atoms with Crippen LogP contribution in [0.4, 0.5) is 0 Å². The Kier molecular flexibility index (Phi) is 15.1. The molecule has 8 heterocycles. The molecule has 16 aromatic rings. The Bertz CT molecular complexity index is 4600. The molecule has 0 radical (unpaired) electrons. The maximum absolute atomic E-state index is 4.70. The van der Waals surface area contributed by atoms with E-state index in [9.17, 15) is 0 Å². The van der Waals surface area contributed by atoms with E-state index in [4.69, 9.17) is 4.98 Å². The zero-order valence-corrected chi connectivity index (χ0v) is 47.2. The van der Waals surface area contributed by atoms with Gasteiger partial charge in [-0.25, -0.2) is 14.6 Å². The molecule has 8 aromatic heterocycles. The first kappa shape index (κ1) is 52.9. The minimum Gasteiger partial charge on any atom is -0.358 e. The fraction of sp³-hybridized carbons (Fsp3) is 0. The summed E-state index contributed by atoms with van der Waals surface area (Å²) < 4.78 is 18.5. The molecule has 0 fully saturated rings. The number of benzene rings is 8. The number of rotatable bonds is 6. The quantitative estimate of drug-likeness (QED) is 0.0730. The van der Waals surface area contributed by atoms with Crippen molar-refractivity contribution in [2.45, 2.75) is 0 Å². The number of hydrogen-bond acceptors (Lipinski definition) is 8. The fourth-order valence-corrected chi connectivity index (χ4v) is 11.0. The predicted molar refractivity (Wildman–Crippen MR) is 311 cm³/mol. The first-order chi connectivity index (χ1) is 39.6. The normalized spacial score (nSPS) is 11.1. The van der Waals surface area contributed by atoms with Crippen LogP contribution in [-0.2, 0) is 58.5 Å². The van der Waals surface area contributed by atoms with Gasteiger partial charge in [0, 0.05) is 75.4 Å². The molecule has 17 heteroatoms. The zero-order valence-electron chi connectivity index (χ0n) is 42.6. The number of hydrogen-bond donors (Lipinski definition) is 2. The molecule has 16 rings (SSSR count). The molecule has 0 spiro atoms. The van der Waals surface area contributed by atoms with E-state index >= 15 is 0 Å². The summed E-state index contributed by atoms with van der Waals surface area (Å²) in [5.41, 5.74) is 12.8. The van der Waals surface area contributed by atoms with E-state index < -0.39 is 0 Å². The van der Waals surface area contributed by atoms with Crippen molar-refractivity contribution in [3.8, 4) is 34.4 Å². The van der Waals surface area contributed by atoms with Gasteiger partial charge in [0.15, 0.2) is 0 Å². The van der Waals surface area contributed by atoms with Crippen LogP contribution in [-0.4, -0.2) is 47.8 Å². The summed E-state index contributed by atoms with van der Waals surface area (Å²) >= 11 is 4.69. The largest absolute Gasteiger partial charge is 2.00 e. The van der Waals surface area contributed by atoms with Gasteiger partial charge in [0.2, 0.25) is 0 Å². The van der Waals surface area contributed by atoms with Crippen molar-refractivity contribution < 1.29 is 58.5 Å². The predicted octanol–water partition coefficient (Wildman–Crippen LogP) is 13.7. The minimum absolute atomic E-state index is 0. The van der Waals surface area contributed by atoms with Gasteiger partial charge in [-0.1, -0.05) is 114 Å². The Morgan fingerprint density at radius 3 is 1.28 bits per heavy atom. The average molecular weight is 1330 g/mol. The zero-order chi connectivity index (χ0) is 54.1. The van der Waals surface area contributed by atoms with Crippen molar-refractivity contribution >= 4 is 87.2 Å². The van der Waals surface area contributed by atoms with Crippen LogP contribution in [0.1, 0.15) is 0 Å². The van der Waals surface area contributed by atoms with E-state index in [-0.39, 0.29) is 20.4 Å². The van der Waals surface area contributed by atoms with Crippen LogP contribution in [0.15, 0.2) is 251 Å². The van der Waals surface area contributed by atoms with Crippen molar-refractivity contribution in [1.82, 2.24) is 47.8 Å². The first-order valence-electron chi connectivity index (χ1n) is 25.3. The van der Waals surface area contributed by atoms with E-state index in [2.05, 4.69) is 266 Å². The SMILES string of the molecule is N[N]=[Pd].N[N]=[Pd].[Pd+2].[c-]1c(-n2cccn2)ccc2c3ccccc3n(-c3[c-]c4c(cc3)c3ccccc3n4-c3ccccn3)c12.c1ccc(-n2c3ccccc3c3ccc(-n4c5ccccc5c5ccc(-n6cccn6)cc54)cc32)nc1. The third kappa shape index (κ3) is 9.52. The second-order valence-electron chi connectivity index (χ2n) is 18.5. The minimum atomic E-state index is 0. The number of nitrogens with two attached hydrogens (primary N) is 2. The number of pyridine rings is 2. The molecule has 0 unspecified atom stereocenters. The van der Waals surface area contributed by atoms with E-state index in [0.717, 1.165) is 83.8 Å². The number of fused-ring (bicyclic) bond motifs is 12. The smallest absolute Gasteiger partial charge is 0.358 e. The van der Waals surface area contributed by atoms with Crippen LogP contribution in [0.2, 0.25) is 0 Å². The van der Waals surface area contributed by atoms with Crippen molar-refractivity contribution in [2.75, 3.05) is 0 Å². The van der Waals surface area contributed by atoms with Crippen LogP contribution < -0.4 is 11.7 Å². The number of aromatic nitrogens is 10. The van der Waals surface area contributed by atoms with Crippen LogP contribution in [0, 0.1) is 12.1 Å². The van der Waals surface area contributed by atoms with Gasteiger partial charge in [-0.2, -0.15) is 22.3 Å². The van der Waals surface area contributed by atoms with Gasteiger partial charge in [0.05, 0.1) is 27.8 Å². The monoisotopic (exact) mass is 1330 g/mol. The molecular weight excluding hydrogens is 1280 g/mol. The van der Waals surface area contributed by atoms with Gasteiger partial charge in [0.1, 0.15) is 11.6 Å². The Morgan fingerprint density at radius 1 is 0.346 bits per heavy atom. The fourth-order valence-electron chi connectivity index (χ4n) is 11.0. The van der Waals surface area contributed by atoms with E-state index in [1.807, 2.05) is 82.8 Å². The van der Waals surface area contributed by atoms with Gasteiger partial charge in [-0.05, 0) is 101 Å². The molecule has 0 saturated carbocycles. The van der Waals surface area contributed by atoms with Gasteiger partial charge in [-0.15, -0.1) is 35.0 Å². The van der Waals surface area contributed by atoms with Gasteiger partial charge in [-0.3, -0.25) is 9.25 Å². The average Bonchev–Trinajstić information content (AvgIpc) is 4.53. The third-order valence-corrected chi connectivity index (χ3v) is 14.2. The van der Waals surface area contributed by atoms with E-state index in [1.54, 1.807) is 6.20 Å². The Morgan fingerprint density at radius 2 is 0.741 bits per heavy atom. The molecular formula is C64H44N14Pd3. The van der Waals surface area contributed by atoms with Gasteiger partial charge < -0.3 is 13.7 Å². The van der Waals surface area contributed by atoms with Crippen molar-refractivity contribution in [3.63, 3.8) is 0 Å². The first-order valence-corrected chi connectivity index (χ1v) is 26.7. The summed E-state index contributed by atoms with van der Waals surface area (Å²) in [6.45, 7) is 0. The Hall–Kier alpha value is -8.81. The van der Waals surface area contributed by atoms with Crippen molar-refractivity contribution in [3.05, 3.63) is 256 Å². The summed E-state index contributed by atoms with van der Waals surface area (Å²) in [4.78, 5) is 9.37. The summed E-state index contributed by atoms with van der Waals surface area (Å²) in [7, 11) is 0. The summed E-state index contributed by atoms with van der Waals surface area (Å²) in [6, 6.07) is 79.3. The Balaban J connectivity index is 0.000000145. The number of para-hydroxylation sites is 4. The van der Waals surface area contributed by atoms with Gasteiger partial charge in [0.25, 0.3) is 0 Å². The molecule has 81 heavy (non-hydrogen) atoms. The van der Waals surface area contributed by atoms with Gasteiger partial charge >= 0.3 is 77.5 Å². The summed E-state index contributed by atoms with van der Waals surface area (Å²) in [5.74, 6) is 10.6. The summed E-state index contributed by atoms with van der Waals surface area (Å²) in [6.07, 6.45) is 11.2. The molecule has 0 aliphatic rings. The van der Waals surface area contributed by atoms with Crippen LogP contribution in [0.25, 0.3) is 122 Å². The molecule has 0 aliphatic carbocycles. The maximum atomic E-state index is 4.70. The molecule has 14 nitrogen and oxygen atoms in total. The molecule has 400 valence electrons. The molecule has 0 aliphatic heterocycles. The molecule has 0 atom stereocenters. The molecule has 8 aromatic carbocycles. The van der Waals surface area contributed by atoms with Crippen molar-refractivity contribution in [2.24, 2.45) is 19.0 Å². The molecule has 4 N–H and O–H groups in total.